The van der Waals surface area contributed by atoms with E-state index in [1.807, 2.05) is 6.08 Å². The molecule has 0 aromatic carbocycles. The van der Waals surface area contributed by atoms with Crippen molar-refractivity contribution in [1.29, 1.82) is 0 Å². The molecule has 2 N–H and O–H groups in total. The molecule has 0 atom stereocenters. The molecular weight excluding hydrogens is 243 g/mol. The van der Waals surface area contributed by atoms with E-state index in [-0.39, 0.29) is 0 Å². The number of hydrazine groups is 1. The summed E-state index contributed by atoms with van der Waals surface area (Å²) in [7, 11) is 0. The van der Waals surface area contributed by atoms with Crippen LogP contribution in [0.25, 0.3) is 0 Å². The van der Waals surface area contributed by atoms with E-state index in [1.165, 1.54) is 5.01 Å². The molecule has 4 heteroatoms. The zero-order valence-electron chi connectivity index (χ0n) is 5.25. The third-order valence-corrected chi connectivity index (χ3v) is 2.27. The quantitative estimate of drug-likeness (QED) is 0.420. The lowest BCUT2D eigenvalue weighted by Gasteiger charge is -2.17. The van der Waals surface area contributed by atoms with Gasteiger partial charge in [0.1, 0.15) is 6.29 Å². The predicted molar refractivity (Wildman–Crippen MR) is 47.1 cm³/mol. The molecule has 0 saturated heterocycles. The summed E-state index contributed by atoms with van der Waals surface area (Å²) in [6, 6.07) is 0. The Kier molecular flexibility index (Phi) is 2.44. The lowest BCUT2D eigenvalue weighted by molar-refractivity contribution is -0.105. The number of halogens is 1. The highest BCUT2D eigenvalue weighted by atomic mass is 127. The standard InChI is InChI=1S/C6H7IN2O/c7-6-1-2-9(8)3-5(6)4-10/h1-2,4H,3,8H2. The molecular formula is C6H7IN2O. The first-order valence-electron chi connectivity index (χ1n) is 2.77. The van der Waals surface area contributed by atoms with Crippen molar-refractivity contribution < 1.29 is 4.79 Å². The Morgan fingerprint density at radius 1 is 1.80 bits per heavy atom. The molecule has 0 aromatic rings. The van der Waals surface area contributed by atoms with Crippen molar-refractivity contribution in [1.82, 2.24) is 5.01 Å². The molecule has 0 fully saturated rings. The summed E-state index contributed by atoms with van der Waals surface area (Å²) < 4.78 is 0.967. The summed E-state index contributed by atoms with van der Waals surface area (Å²) in [6.07, 6.45) is 4.40. The molecule has 0 radical (unpaired) electrons. The van der Waals surface area contributed by atoms with Crippen LogP contribution in [0.1, 0.15) is 0 Å². The van der Waals surface area contributed by atoms with Crippen molar-refractivity contribution in [3.8, 4) is 0 Å². The Morgan fingerprint density at radius 2 is 2.50 bits per heavy atom. The normalized spacial score (nSPS) is 18.0. The Morgan fingerprint density at radius 3 is 3.00 bits per heavy atom. The van der Waals surface area contributed by atoms with Crippen molar-refractivity contribution >= 4 is 28.9 Å². The molecule has 1 aliphatic rings. The largest absolute Gasteiger partial charge is 0.314 e. The summed E-state index contributed by atoms with van der Waals surface area (Å²) in [4.78, 5) is 10.3. The van der Waals surface area contributed by atoms with E-state index in [0.717, 1.165) is 15.4 Å². The van der Waals surface area contributed by atoms with Gasteiger partial charge in [-0.05, 0) is 28.7 Å². The molecule has 1 aliphatic heterocycles. The first-order valence-corrected chi connectivity index (χ1v) is 3.85. The number of hydrogen-bond donors (Lipinski definition) is 1. The smallest absolute Gasteiger partial charge is 0.148 e. The van der Waals surface area contributed by atoms with E-state index in [4.69, 9.17) is 5.84 Å². The van der Waals surface area contributed by atoms with E-state index in [1.54, 1.807) is 6.20 Å². The zero-order chi connectivity index (χ0) is 7.56. The van der Waals surface area contributed by atoms with Gasteiger partial charge >= 0.3 is 0 Å². The first kappa shape index (κ1) is 7.74. The van der Waals surface area contributed by atoms with Crippen molar-refractivity contribution in [2.45, 2.75) is 0 Å². The first-order chi connectivity index (χ1) is 4.74. The summed E-state index contributed by atoms with van der Waals surface area (Å²) in [5.74, 6) is 5.41. The highest BCUT2D eigenvalue weighted by Crippen LogP contribution is 2.17. The molecule has 0 unspecified atom stereocenters. The molecule has 54 valence electrons. The van der Waals surface area contributed by atoms with Crippen LogP contribution in [0, 0.1) is 0 Å². The third-order valence-electron chi connectivity index (χ3n) is 1.21. The van der Waals surface area contributed by atoms with Gasteiger partial charge in [0.15, 0.2) is 0 Å². The summed E-state index contributed by atoms with van der Waals surface area (Å²) in [6.45, 7) is 0.512. The van der Waals surface area contributed by atoms with Crippen LogP contribution in [0.2, 0.25) is 0 Å². The maximum Gasteiger partial charge on any atom is 0.148 e. The molecule has 0 bridgehead atoms. The van der Waals surface area contributed by atoms with Crippen LogP contribution in [0.5, 0.6) is 0 Å². The van der Waals surface area contributed by atoms with Crippen LogP contribution in [0.3, 0.4) is 0 Å². The number of rotatable bonds is 1. The molecule has 10 heavy (non-hydrogen) atoms. The van der Waals surface area contributed by atoms with Gasteiger partial charge in [0, 0.05) is 15.4 Å². The third kappa shape index (κ3) is 1.57. The minimum atomic E-state index is 0.512. The van der Waals surface area contributed by atoms with Gasteiger partial charge in [-0.3, -0.25) is 4.79 Å². The van der Waals surface area contributed by atoms with Gasteiger partial charge in [0.2, 0.25) is 0 Å². The SMILES string of the molecule is NN1C=CC(I)=C(C=O)C1. The molecule has 0 saturated carbocycles. The fourth-order valence-electron chi connectivity index (χ4n) is 0.687. The second-order valence-electron chi connectivity index (χ2n) is 1.98. The lowest BCUT2D eigenvalue weighted by Crippen LogP contribution is -2.29. The Balaban J connectivity index is 2.83. The number of aldehydes is 1. The Bertz CT molecular complexity index is 210. The molecule has 0 aliphatic carbocycles. The molecule has 0 aromatic heterocycles. The number of allylic oxidation sites excluding steroid dienone is 2. The minimum Gasteiger partial charge on any atom is -0.314 e. The number of carbonyl (C=O) groups excluding carboxylic acids is 1. The summed E-state index contributed by atoms with van der Waals surface area (Å²) >= 11 is 2.11. The zero-order valence-corrected chi connectivity index (χ0v) is 7.41. The topological polar surface area (TPSA) is 46.3 Å². The summed E-state index contributed by atoms with van der Waals surface area (Å²) in [5, 5.41) is 1.48. The van der Waals surface area contributed by atoms with Gasteiger partial charge in [-0.1, -0.05) is 0 Å². The molecule has 3 nitrogen and oxygen atoms in total. The van der Waals surface area contributed by atoms with E-state index in [9.17, 15) is 4.79 Å². The molecule has 0 spiro atoms. The highest BCUT2D eigenvalue weighted by Gasteiger charge is 2.07. The van der Waals surface area contributed by atoms with Gasteiger partial charge in [-0.25, -0.2) is 5.84 Å². The second kappa shape index (κ2) is 3.16. The maximum atomic E-state index is 10.3. The number of carbonyl (C=O) groups is 1. The number of nitrogens with zero attached hydrogens (tertiary/aromatic N) is 1. The van der Waals surface area contributed by atoms with Gasteiger partial charge in [0.05, 0.1) is 6.54 Å². The Hall–Kier alpha value is -0.360. The average molecular weight is 250 g/mol. The van der Waals surface area contributed by atoms with E-state index in [0.29, 0.717) is 6.54 Å². The lowest BCUT2D eigenvalue weighted by atomic mass is 10.2. The van der Waals surface area contributed by atoms with Crippen LogP contribution in [-0.2, 0) is 4.79 Å². The summed E-state index contributed by atoms with van der Waals surface area (Å²) in [5.41, 5.74) is 0.741. The molecule has 1 heterocycles. The maximum absolute atomic E-state index is 10.3. The number of nitrogens with two attached hydrogens (primary N) is 1. The van der Waals surface area contributed by atoms with Gasteiger partial charge in [0.25, 0.3) is 0 Å². The van der Waals surface area contributed by atoms with Crippen LogP contribution in [-0.4, -0.2) is 17.8 Å². The van der Waals surface area contributed by atoms with Crippen molar-refractivity contribution in [3.05, 3.63) is 21.4 Å². The fraction of sp³-hybridized carbons (Fsp3) is 0.167. The fourth-order valence-corrected chi connectivity index (χ4v) is 1.15. The predicted octanol–water partition coefficient (Wildman–Crippen LogP) is 0.577. The van der Waals surface area contributed by atoms with Gasteiger partial charge in [-0.2, -0.15) is 0 Å². The van der Waals surface area contributed by atoms with Crippen molar-refractivity contribution in [2.24, 2.45) is 5.84 Å². The Labute approximate surface area is 72.7 Å². The van der Waals surface area contributed by atoms with E-state index in [2.05, 4.69) is 22.6 Å². The number of hydrogen-bond acceptors (Lipinski definition) is 3. The molecule has 1 rings (SSSR count). The van der Waals surface area contributed by atoms with Crippen LogP contribution < -0.4 is 5.84 Å². The minimum absolute atomic E-state index is 0.512. The van der Waals surface area contributed by atoms with Gasteiger partial charge < -0.3 is 5.01 Å². The van der Waals surface area contributed by atoms with Gasteiger partial charge in [-0.15, -0.1) is 0 Å². The highest BCUT2D eigenvalue weighted by molar-refractivity contribution is 14.1. The van der Waals surface area contributed by atoms with Crippen LogP contribution in [0.4, 0.5) is 0 Å². The average Bonchev–Trinajstić information content (AvgIpc) is 1.94. The van der Waals surface area contributed by atoms with Crippen molar-refractivity contribution in [3.63, 3.8) is 0 Å². The molecule has 0 amide bonds. The monoisotopic (exact) mass is 250 g/mol. The van der Waals surface area contributed by atoms with Crippen LogP contribution >= 0.6 is 22.6 Å². The van der Waals surface area contributed by atoms with E-state index < -0.39 is 0 Å². The van der Waals surface area contributed by atoms with Crippen molar-refractivity contribution in [2.75, 3.05) is 6.54 Å². The second-order valence-corrected chi connectivity index (χ2v) is 3.14. The van der Waals surface area contributed by atoms with Crippen LogP contribution in [0.15, 0.2) is 21.4 Å². The van der Waals surface area contributed by atoms with E-state index >= 15 is 0 Å².